The number of esters is 1. The van der Waals surface area contributed by atoms with E-state index in [1.807, 2.05) is 10.3 Å². The Hall–Kier alpha value is -2.08. The van der Waals surface area contributed by atoms with Crippen LogP contribution in [0.1, 0.15) is 11.4 Å². The molecule has 12 heteroatoms. The summed E-state index contributed by atoms with van der Waals surface area (Å²) < 4.78 is 44.4. The second-order valence-corrected chi connectivity index (χ2v) is 9.14. The number of thiazole rings is 1. The summed E-state index contributed by atoms with van der Waals surface area (Å²) >= 11 is 8.15. The first-order valence-electron chi connectivity index (χ1n) is 9.86. The first kappa shape index (κ1) is 25.5. The molecule has 2 aromatic rings. The van der Waals surface area contributed by atoms with Crippen molar-refractivity contribution >= 4 is 46.7 Å². The lowest BCUT2D eigenvalue weighted by Crippen LogP contribution is -2.38. The zero-order chi connectivity index (χ0) is 24.0. The number of rotatable bonds is 6. The predicted molar refractivity (Wildman–Crippen MR) is 125 cm³/mol. The lowest BCUT2D eigenvalue weighted by molar-refractivity contribution is -0.136. The van der Waals surface area contributed by atoms with Crippen LogP contribution in [0.4, 0.5) is 13.2 Å². The average Bonchev–Trinajstić information content (AvgIpc) is 3.47. The molecule has 1 fully saturated rings. The number of alkyl halides is 2. The first-order chi connectivity index (χ1) is 15.8. The van der Waals surface area contributed by atoms with E-state index in [0.29, 0.717) is 29.4 Å². The highest BCUT2D eigenvalue weighted by molar-refractivity contribution is 7.96. The number of aliphatic imine (C=N–C) groups is 1. The third-order valence-corrected chi connectivity index (χ3v) is 6.86. The van der Waals surface area contributed by atoms with Crippen molar-refractivity contribution in [1.29, 1.82) is 0 Å². The number of fused-ring (bicyclic) bond motifs is 1. The smallest absolute Gasteiger partial charge is 0.337 e. The van der Waals surface area contributed by atoms with E-state index in [9.17, 15) is 18.0 Å². The van der Waals surface area contributed by atoms with Gasteiger partial charge in [-0.05, 0) is 24.5 Å². The summed E-state index contributed by atoms with van der Waals surface area (Å²) in [7, 11) is 1.33. The van der Waals surface area contributed by atoms with Gasteiger partial charge in [0.05, 0.1) is 25.8 Å². The summed E-state index contributed by atoms with van der Waals surface area (Å²) in [6.45, 7) is 0.389. The molecule has 1 aromatic heterocycles. The molecule has 2 aliphatic heterocycles. The maximum Gasteiger partial charge on any atom is 0.337 e. The molecule has 33 heavy (non-hydrogen) atoms. The van der Waals surface area contributed by atoms with Crippen LogP contribution in [0.5, 0.6) is 0 Å². The Kier molecular flexibility index (Phi) is 9.19. The molecule has 6 nitrogen and oxygen atoms in total. The standard InChI is InChI=1S/C15H18F2N4O2S2.C6H4ClF/c1-23-15(22)10-6-19-13(14-18-3-4-25-14)20-7-9(5-11(10)20)21(24-2)8-12(16)17;7-5-2-1-3-6(8)4-5/h3-4,9,12H,5-8H2,1-2H3;1-4H. The maximum absolute atomic E-state index is 12.9. The molecule has 0 N–H and O–H groups in total. The van der Waals surface area contributed by atoms with Gasteiger partial charge in [0, 0.05) is 41.3 Å². The second kappa shape index (κ2) is 11.9. The SMILES string of the molecule is COC(=O)C1=C2CC(N(CC(F)F)SC)CN2C(c2nccs2)=NC1.Fc1cccc(Cl)c1. The van der Waals surface area contributed by atoms with Crippen molar-refractivity contribution in [2.24, 2.45) is 4.99 Å². The molecule has 4 rings (SSSR count). The second-order valence-electron chi connectivity index (χ2n) is 6.98. The Morgan fingerprint density at radius 2 is 2.24 bits per heavy atom. The number of nitrogens with zero attached hydrogens (tertiary/aromatic N) is 4. The van der Waals surface area contributed by atoms with Gasteiger partial charge in [-0.25, -0.2) is 27.3 Å². The van der Waals surface area contributed by atoms with Crippen molar-refractivity contribution in [3.63, 3.8) is 0 Å². The van der Waals surface area contributed by atoms with Crippen LogP contribution in [-0.2, 0) is 9.53 Å². The number of methoxy groups -OCH3 is 1. The minimum atomic E-state index is -2.41. The number of hydrogen-bond donors (Lipinski definition) is 0. The zero-order valence-corrected chi connectivity index (χ0v) is 20.3. The lowest BCUT2D eigenvalue weighted by atomic mass is 10.1. The molecule has 1 saturated heterocycles. The fraction of sp³-hybridized carbons (Fsp3) is 0.381. The van der Waals surface area contributed by atoms with Gasteiger partial charge in [0.15, 0.2) is 10.8 Å². The predicted octanol–water partition coefficient (Wildman–Crippen LogP) is 4.73. The van der Waals surface area contributed by atoms with Gasteiger partial charge in [0.2, 0.25) is 0 Å². The minimum absolute atomic E-state index is 0.137. The van der Waals surface area contributed by atoms with E-state index in [4.69, 9.17) is 16.3 Å². The fourth-order valence-corrected chi connectivity index (χ4v) is 5.06. The number of amidine groups is 1. The van der Waals surface area contributed by atoms with Gasteiger partial charge in [-0.2, -0.15) is 0 Å². The molecule has 178 valence electrons. The number of ether oxygens (including phenoxy) is 1. The van der Waals surface area contributed by atoms with Crippen LogP contribution in [0.25, 0.3) is 0 Å². The molecular formula is C21H22ClF3N4O2S2. The Bertz CT molecular complexity index is 1000. The summed E-state index contributed by atoms with van der Waals surface area (Å²) in [5.74, 6) is -0.0251. The van der Waals surface area contributed by atoms with E-state index in [-0.39, 0.29) is 24.9 Å². The molecule has 0 radical (unpaired) electrons. The number of hydrogen-bond acceptors (Lipinski definition) is 8. The van der Waals surface area contributed by atoms with Crippen LogP contribution >= 0.6 is 34.9 Å². The third kappa shape index (κ3) is 6.50. The number of halogens is 4. The summed E-state index contributed by atoms with van der Waals surface area (Å²) in [4.78, 5) is 22.8. The monoisotopic (exact) mass is 518 g/mol. The molecule has 1 aromatic carbocycles. The topological polar surface area (TPSA) is 58.0 Å². The first-order valence-corrected chi connectivity index (χ1v) is 12.3. The number of carbonyl (C=O) groups is 1. The average molecular weight is 519 g/mol. The van der Waals surface area contributed by atoms with Crippen molar-refractivity contribution in [2.45, 2.75) is 18.9 Å². The third-order valence-electron chi connectivity index (χ3n) is 4.94. The van der Waals surface area contributed by atoms with Gasteiger partial charge >= 0.3 is 5.97 Å². The largest absolute Gasteiger partial charge is 0.466 e. The van der Waals surface area contributed by atoms with Crippen LogP contribution < -0.4 is 0 Å². The molecule has 2 aliphatic rings. The number of carbonyl (C=O) groups excluding carboxylic acids is 1. The van der Waals surface area contributed by atoms with E-state index in [0.717, 1.165) is 10.7 Å². The van der Waals surface area contributed by atoms with Gasteiger partial charge in [-0.3, -0.25) is 4.99 Å². The molecule has 1 unspecified atom stereocenters. The van der Waals surface area contributed by atoms with Gasteiger partial charge in [0.25, 0.3) is 6.43 Å². The van der Waals surface area contributed by atoms with Gasteiger partial charge in [-0.1, -0.05) is 29.6 Å². The van der Waals surface area contributed by atoms with Gasteiger partial charge < -0.3 is 9.64 Å². The minimum Gasteiger partial charge on any atom is -0.466 e. The van der Waals surface area contributed by atoms with Gasteiger partial charge in [-0.15, -0.1) is 11.3 Å². The van der Waals surface area contributed by atoms with Crippen LogP contribution in [0, 0.1) is 5.82 Å². The Balaban J connectivity index is 0.000000323. The van der Waals surface area contributed by atoms with Crippen molar-refractivity contribution in [2.75, 3.05) is 33.0 Å². The van der Waals surface area contributed by atoms with Crippen LogP contribution in [-0.4, -0.2) is 71.5 Å². The number of benzene rings is 1. The van der Waals surface area contributed by atoms with E-state index < -0.39 is 12.4 Å². The molecule has 0 bridgehead atoms. The molecule has 1 atom stereocenters. The molecule has 0 amide bonds. The van der Waals surface area contributed by atoms with E-state index in [2.05, 4.69) is 9.98 Å². The summed E-state index contributed by atoms with van der Waals surface area (Å²) in [5.41, 5.74) is 1.29. The number of aromatic nitrogens is 1. The maximum atomic E-state index is 12.9. The molecule has 0 spiro atoms. The van der Waals surface area contributed by atoms with Crippen molar-refractivity contribution in [3.8, 4) is 0 Å². The van der Waals surface area contributed by atoms with Crippen LogP contribution in [0.15, 0.2) is 52.1 Å². The van der Waals surface area contributed by atoms with Gasteiger partial charge in [0.1, 0.15) is 5.82 Å². The van der Waals surface area contributed by atoms with E-state index in [1.165, 1.54) is 42.5 Å². The van der Waals surface area contributed by atoms with Crippen molar-refractivity contribution in [1.82, 2.24) is 14.2 Å². The summed E-state index contributed by atoms with van der Waals surface area (Å²) in [6, 6.07) is 5.68. The molecule has 0 aliphatic carbocycles. The quantitative estimate of drug-likeness (QED) is 0.407. The lowest BCUT2D eigenvalue weighted by Gasteiger charge is -2.27. The Morgan fingerprint density at radius 3 is 2.79 bits per heavy atom. The molecule has 3 heterocycles. The highest BCUT2D eigenvalue weighted by Gasteiger charge is 2.40. The normalized spacial score (nSPS) is 17.6. The Morgan fingerprint density at radius 1 is 1.45 bits per heavy atom. The molecule has 0 saturated carbocycles. The van der Waals surface area contributed by atoms with Crippen LogP contribution in [0.3, 0.4) is 0 Å². The zero-order valence-electron chi connectivity index (χ0n) is 17.9. The summed E-state index contributed by atoms with van der Waals surface area (Å²) in [5, 5.41) is 3.05. The van der Waals surface area contributed by atoms with E-state index in [1.54, 1.807) is 28.9 Å². The summed E-state index contributed by atoms with van der Waals surface area (Å²) in [6.07, 6.45) is 1.57. The van der Waals surface area contributed by atoms with Crippen molar-refractivity contribution < 1.29 is 22.7 Å². The van der Waals surface area contributed by atoms with Crippen molar-refractivity contribution in [3.05, 3.63) is 63.0 Å². The van der Waals surface area contributed by atoms with Crippen LogP contribution in [0.2, 0.25) is 5.02 Å². The van der Waals surface area contributed by atoms with E-state index >= 15 is 0 Å². The highest BCUT2D eigenvalue weighted by Crippen LogP contribution is 2.35. The Labute approximate surface area is 203 Å². The molecular weight excluding hydrogens is 497 g/mol. The highest BCUT2D eigenvalue weighted by atomic mass is 35.5. The fourth-order valence-electron chi connectivity index (χ4n) is 3.53.